The van der Waals surface area contributed by atoms with Gasteiger partial charge in [-0.1, -0.05) is 49.2 Å². The Morgan fingerprint density at radius 2 is 1.82 bits per heavy atom. The van der Waals surface area contributed by atoms with Gasteiger partial charge in [0.2, 0.25) is 0 Å². The largest absolute Gasteiger partial charge is 0.379 e. The van der Waals surface area contributed by atoms with E-state index in [1.54, 1.807) is 11.3 Å². The second-order valence-corrected chi connectivity index (χ2v) is 7.35. The van der Waals surface area contributed by atoms with Crippen molar-refractivity contribution in [2.24, 2.45) is 0 Å². The lowest BCUT2D eigenvalue weighted by Gasteiger charge is -2.08. The van der Waals surface area contributed by atoms with Crippen molar-refractivity contribution in [2.45, 2.75) is 26.3 Å². The van der Waals surface area contributed by atoms with Gasteiger partial charge in [-0.15, -0.1) is 11.3 Å². The Balaban J connectivity index is 1.75. The standard InChI is InChI=1S/C17H16Cl2N2S/c1-10(2)11-3-5-12(6-4-11)20-9-15-21-17-14(22-15)8-7-13(18)16(17)19/h3-8,10,20H,9H2,1-2H3. The van der Waals surface area contributed by atoms with E-state index < -0.39 is 0 Å². The van der Waals surface area contributed by atoms with Gasteiger partial charge in [0.05, 0.1) is 21.3 Å². The summed E-state index contributed by atoms with van der Waals surface area (Å²) in [6.45, 7) is 5.06. The van der Waals surface area contributed by atoms with E-state index in [-0.39, 0.29) is 0 Å². The molecule has 0 fully saturated rings. The molecule has 0 spiro atoms. The molecule has 1 aromatic heterocycles. The fraction of sp³-hybridized carbons (Fsp3) is 0.235. The van der Waals surface area contributed by atoms with Gasteiger partial charge in [-0.2, -0.15) is 0 Å². The fourth-order valence-corrected chi connectivity index (χ4v) is 3.55. The summed E-state index contributed by atoms with van der Waals surface area (Å²) >= 11 is 13.9. The van der Waals surface area contributed by atoms with Gasteiger partial charge in [-0.25, -0.2) is 4.98 Å². The zero-order valence-electron chi connectivity index (χ0n) is 12.4. The lowest BCUT2D eigenvalue weighted by Crippen LogP contribution is -1.99. The molecular weight excluding hydrogens is 335 g/mol. The number of nitrogens with one attached hydrogen (secondary N) is 1. The van der Waals surface area contributed by atoms with Crippen LogP contribution in [0.1, 0.15) is 30.3 Å². The van der Waals surface area contributed by atoms with Crippen LogP contribution < -0.4 is 5.32 Å². The zero-order chi connectivity index (χ0) is 15.7. The maximum atomic E-state index is 6.20. The van der Waals surface area contributed by atoms with Gasteiger partial charge in [0.25, 0.3) is 0 Å². The topological polar surface area (TPSA) is 24.9 Å². The predicted octanol–water partition coefficient (Wildman–Crippen LogP) is 6.34. The van der Waals surface area contributed by atoms with Crippen LogP contribution in [0.15, 0.2) is 36.4 Å². The average molecular weight is 351 g/mol. The first-order valence-corrected chi connectivity index (χ1v) is 8.69. The van der Waals surface area contributed by atoms with Crippen LogP contribution in [0.3, 0.4) is 0 Å². The van der Waals surface area contributed by atoms with Crippen molar-refractivity contribution in [1.82, 2.24) is 4.98 Å². The van der Waals surface area contributed by atoms with Crippen LogP contribution in [-0.2, 0) is 6.54 Å². The minimum atomic E-state index is 0.531. The quantitative estimate of drug-likeness (QED) is 0.593. The van der Waals surface area contributed by atoms with Crippen molar-refractivity contribution in [1.29, 1.82) is 0 Å². The minimum absolute atomic E-state index is 0.531. The number of fused-ring (bicyclic) bond motifs is 1. The molecule has 0 aliphatic rings. The molecular formula is C17H16Cl2N2S. The van der Waals surface area contributed by atoms with Crippen LogP contribution in [0, 0.1) is 0 Å². The number of anilines is 1. The molecule has 3 rings (SSSR count). The SMILES string of the molecule is CC(C)c1ccc(NCc2nc3c(Cl)c(Cl)ccc3s2)cc1. The summed E-state index contributed by atoms with van der Waals surface area (Å²) in [7, 11) is 0. The van der Waals surface area contributed by atoms with E-state index in [0.717, 1.165) is 20.9 Å². The number of thiazole rings is 1. The summed E-state index contributed by atoms with van der Waals surface area (Å²) in [6, 6.07) is 12.3. The summed E-state index contributed by atoms with van der Waals surface area (Å²) in [4.78, 5) is 4.57. The Kier molecular flexibility index (Phi) is 4.57. The highest BCUT2D eigenvalue weighted by molar-refractivity contribution is 7.18. The highest BCUT2D eigenvalue weighted by Crippen LogP contribution is 2.33. The number of hydrogen-bond donors (Lipinski definition) is 1. The number of hydrogen-bond acceptors (Lipinski definition) is 3. The number of rotatable bonds is 4. The van der Waals surface area contributed by atoms with Gasteiger partial charge in [-0.3, -0.25) is 0 Å². The number of nitrogens with zero attached hydrogens (tertiary/aromatic N) is 1. The van der Waals surface area contributed by atoms with E-state index in [1.165, 1.54) is 5.56 Å². The van der Waals surface area contributed by atoms with Crippen LogP contribution in [0.2, 0.25) is 10.0 Å². The average Bonchev–Trinajstić information content (AvgIpc) is 2.93. The molecule has 3 aromatic rings. The van der Waals surface area contributed by atoms with E-state index in [1.807, 2.05) is 12.1 Å². The molecule has 0 radical (unpaired) electrons. The van der Waals surface area contributed by atoms with Gasteiger partial charge in [0.15, 0.2) is 0 Å². The van der Waals surface area contributed by atoms with Crippen molar-refractivity contribution < 1.29 is 0 Å². The second kappa shape index (κ2) is 6.45. The first-order valence-electron chi connectivity index (χ1n) is 7.12. The molecule has 0 aliphatic heterocycles. The normalized spacial score (nSPS) is 11.3. The van der Waals surface area contributed by atoms with Crippen LogP contribution in [0.4, 0.5) is 5.69 Å². The molecule has 5 heteroatoms. The lowest BCUT2D eigenvalue weighted by molar-refractivity contribution is 0.867. The van der Waals surface area contributed by atoms with Crippen LogP contribution >= 0.6 is 34.5 Å². The van der Waals surface area contributed by atoms with E-state index >= 15 is 0 Å². The van der Waals surface area contributed by atoms with Gasteiger partial charge >= 0.3 is 0 Å². The molecule has 0 unspecified atom stereocenters. The predicted molar refractivity (Wildman–Crippen MR) is 97.5 cm³/mol. The lowest BCUT2D eigenvalue weighted by atomic mass is 10.0. The molecule has 2 aromatic carbocycles. The fourth-order valence-electron chi connectivity index (χ4n) is 2.22. The molecule has 0 saturated heterocycles. The third kappa shape index (κ3) is 3.22. The summed E-state index contributed by atoms with van der Waals surface area (Å²) in [5.41, 5.74) is 3.21. The highest BCUT2D eigenvalue weighted by Gasteiger charge is 2.10. The molecule has 0 atom stereocenters. The van der Waals surface area contributed by atoms with E-state index in [9.17, 15) is 0 Å². The van der Waals surface area contributed by atoms with Gasteiger partial charge in [0, 0.05) is 5.69 Å². The third-order valence-corrected chi connectivity index (χ3v) is 5.33. The summed E-state index contributed by atoms with van der Waals surface area (Å²) in [6.07, 6.45) is 0. The molecule has 1 heterocycles. The van der Waals surface area contributed by atoms with Crippen molar-refractivity contribution in [3.8, 4) is 0 Å². The molecule has 1 N–H and O–H groups in total. The Labute approximate surface area is 144 Å². The summed E-state index contributed by atoms with van der Waals surface area (Å²) in [5, 5.41) is 5.46. The molecule has 0 amide bonds. The molecule has 0 aliphatic carbocycles. The van der Waals surface area contributed by atoms with Gasteiger partial charge in [-0.05, 0) is 35.7 Å². The minimum Gasteiger partial charge on any atom is -0.379 e. The monoisotopic (exact) mass is 350 g/mol. The zero-order valence-corrected chi connectivity index (χ0v) is 14.7. The van der Waals surface area contributed by atoms with E-state index in [4.69, 9.17) is 23.2 Å². The highest BCUT2D eigenvalue weighted by atomic mass is 35.5. The van der Waals surface area contributed by atoms with Crippen molar-refractivity contribution in [3.05, 3.63) is 57.0 Å². The Bertz CT molecular complexity index is 794. The number of aromatic nitrogens is 1. The Morgan fingerprint density at radius 1 is 1.09 bits per heavy atom. The van der Waals surface area contributed by atoms with Crippen molar-refractivity contribution in [2.75, 3.05) is 5.32 Å². The molecule has 0 saturated carbocycles. The molecule has 22 heavy (non-hydrogen) atoms. The van der Waals surface area contributed by atoms with Gasteiger partial charge in [0.1, 0.15) is 10.5 Å². The molecule has 0 bridgehead atoms. The first kappa shape index (κ1) is 15.6. The summed E-state index contributed by atoms with van der Waals surface area (Å²) in [5.74, 6) is 0.546. The maximum absolute atomic E-state index is 6.20. The maximum Gasteiger partial charge on any atom is 0.113 e. The van der Waals surface area contributed by atoms with Crippen molar-refractivity contribution in [3.63, 3.8) is 0 Å². The number of benzene rings is 2. The third-order valence-electron chi connectivity index (χ3n) is 3.52. The van der Waals surface area contributed by atoms with E-state index in [2.05, 4.69) is 48.4 Å². The second-order valence-electron chi connectivity index (χ2n) is 5.45. The first-order chi connectivity index (χ1) is 10.5. The van der Waals surface area contributed by atoms with Gasteiger partial charge < -0.3 is 5.32 Å². The van der Waals surface area contributed by atoms with Crippen LogP contribution in [0.5, 0.6) is 0 Å². The Morgan fingerprint density at radius 3 is 2.50 bits per heavy atom. The number of halogens is 2. The summed E-state index contributed by atoms with van der Waals surface area (Å²) < 4.78 is 1.06. The molecule has 114 valence electrons. The van der Waals surface area contributed by atoms with E-state index in [0.29, 0.717) is 22.5 Å². The smallest absolute Gasteiger partial charge is 0.113 e. The van der Waals surface area contributed by atoms with Crippen LogP contribution in [-0.4, -0.2) is 4.98 Å². The molecule has 2 nitrogen and oxygen atoms in total. The Hall–Kier alpha value is -1.29. The van der Waals surface area contributed by atoms with Crippen LogP contribution in [0.25, 0.3) is 10.2 Å². The van der Waals surface area contributed by atoms with Crippen molar-refractivity contribution >= 4 is 50.4 Å².